The summed E-state index contributed by atoms with van der Waals surface area (Å²) >= 11 is 13.1. The third-order valence-electron chi connectivity index (χ3n) is 6.53. The lowest BCUT2D eigenvalue weighted by Crippen LogP contribution is -2.36. The molecule has 35 heavy (non-hydrogen) atoms. The zero-order valence-electron chi connectivity index (χ0n) is 19.5. The number of aromatic nitrogens is 4. The SMILES string of the molecule is COc1c(Cl)cc(Cl)cc1[C@H](c1nnnn1C(c1ccccc1)c1ccccc1)N1CCCCC1. The molecule has 0 amide bonds. The third-order valence-corrected chi connectivity index (χ3v) is 7.03. The maximum Gasteiger partial charge on any atom is 0.174 e. The summed E-state index contributed by atoms with van der Waals surface area (Å²) in [5, 5.41) is 14.3. The lowest BCUT2D eigenvalue weighted by atomic mass is 9.96. The van der Waals surface area contributed by atoms with Gasteiger partial charge < -0.3 is 4.74 Å². The second-order valence-electron chi connectivity index (χ2n) is 8.71. The first-order valence-electron chi connectivity index (χ1n) is 11.8. The fraction of sp³-hybridized carbons (Fsp3) is 0.296. The number of halogens is 2. The van der Waals surface area contributed by atoms with Crippen LogP contribution in [0, 0.1) is 0 Å². The van der Waals surface area contributed by atoms with Crippen molar-refractivity contribution in [3.8, 4) is 5.75 Å². The van der Waals surface area contributed by atoms with Gasteiger partial charge in [0.25, 0.3) is 0 Å². The van der Waals surface area contributed by atoms with Gasteiger partial charge in [-0.2, -0.15) is 0 Å². The molecule has 3 aromatic carbocycles. The normalized spacial score (nSPS) is 15.3. The van der Waals surface area contributed by atoms with Crippen molar-refractivity contribution in [2.24, 2.45) is 0 Å². The Morgan fingerprint density at radius 2 is 1.46 bits per heavy atom. The van der Waals surface area contributed by atoms with Crippen molar-refractivity contribution in [2.75, 3.05) is 20.2 Å². The average Bonchev–Trinajstić information content (AvgIpc) is 3.35. The van der Waals surface area contributed by atoms with Crippen molar-refractivity contribution < 1.29 is 4.74 Å². The Labute approximate surface area is 215 Å². The van der Waals surface area contributed by atoms with E-state index >= 15 is 0 Å². The maximum absolute atomic E-state index is 6.59. The number of hydrogen-bond acceptors (Lipinski definition) is 5. The Morgan fingerprint density at radius 3 is 2.06 bits per heavy atom. The summed E-state index contributed by atoms with van der Waals surface area (Å²) in [5.74, 6) is 1.32. The molecule has 1 aromatic heterocycles. The van der Waals surface area contributed by atoms with Crippen LogP contribution in [0.25, 0.3) is 0 Å². The molecule has 1 aliphatic heterocycles. The Kier molecular flexibility index (Phi) is 7.32. The van der Waals surface area contributed by atoms with Gasteiger partial charge in [-0.1, -0.05) is 90.3 Å². The van der Waals surface area contributed by atoms with Gasteiger partial charge in [-0.15, -0.1) is 5.10 Å². The van der Waals surface area contributed by atoms with Gasteiger partial charge in [0.1, 0.15) is 17.8 Å². The standard InChI is InChI=1S/C27H27Cl2N5O/c1-35-26-22(17-21(28)18-23(26)29)25(33-15-9-4-10-16-33)27-30-31-32-34(27)24(19-11-5-2-6-12-19)20-13-7-3-8-14-20/h2-3,5-8,11-14,17-18,24-25H,4,9-10,15-16H2,1H3/t25-/m1/s1. The molecular formula is C27H27Cl2N5O. The van der Waals surface area contributed by atoms with Crippen LogP contribution >= 0.6 is 23.2 Å². The summed E-state index contributed by atoms with van der Waals surface area (Å²) < 4.78 is 7.70. The van der Waals surface area contributed by atoms with E-state index in [2.05, 4.69) is 44.7 Å². The van der Waals surface area contributed by atoms with E-state index in [1.807, 2.05) is 47.1 Å². The van der Waals surface area contributed by atoms with Gasteiger partial charge in [0.2, 0.25) is 0 Å². The van der Waals surface area contributed by atoms with Gasteiger partial charge in [0.05, 0.1) is 12.1 Å². The molecule has 0 N–H and O–H groups in total. The van der Waals surface area contributed by atoms with Crippen LogP contribution in [0.3, 0.4) is 0 Å². The summed E-state index contributed by atoms with van der Waals surface area (Å²) in [6, 6.07) is 23.8. The van der Waals surface area contributed by atoms with Crippen molar-refractivity contribution >= 4 is 23.2 Å². The van der Waals surface area contributed by atoms with Gasteiger partial charge in [0, 0.05) is 10.6 Å². The van der Waals surface area contributed by atoms with Gasteiger partial charge in [-0.05, 0) is 59.6 Å². The van der Waals surface area contributed by atoms with Gasteiger partial charge >= 0.3 is 0 Å². The predicted molar refractivity (Wildman–Crippen MR) is 138 cm³/mol. The first-order valence-corrected chi connectivity index (χ1v) is 12.6. The monoisotopic (exact) mass is 507 g/mol. The topological polar surface area (TPSA) is 56.1 Å². The molecule has 0 unspecified atom stereocenters. The fourth-order valence-electron chi connectivity index (χ4n) is 4.98. The minimum absolute atomic E-state index is 0.199. The van der Waals surface area contributed by atoms with Gasteiger partial charge in [-0.25, -0.2) is 4.68 Å². The summed E-state index contributed by atoms with van der Waals surface area (Å²) in [4.78, 5) is 2.41. The molecule has 0 aliphatic carbocycles. The highest BCUT2D eigenvalue weighted by molar-refractivity contribution is 6.35. The van der Waals surface area contributed by atoms with Crippen molar-refractivity contribution in [3.05, 3.63) is 105 Å². The van der Waals surface area contributed by atoms with E-state index in [1.54, 1.807) is 13.2 Å². The molecule has 0 bridgehead atoms. The Bertz CT molecular complexity index is 1220. The molecule has 1 aliphatic rings. The second-order valence-corrected chi connectivity index (χ2v) is 9.56. The molecular weight excluding hydrogens is 481 g/mol. The molecule has 5 rings (SSSR count). The molecule has 2 heterocycles. The highest BCUT2D eigenvalue weighted by Gasteiger charge is 2.34. The molecule has 1 fully saturated rings. The minimum atomic E-state index is -0.272. The number of rotatable bonds is 7. The predicted octanol–water partition coefficient (Wildman–Crippen LogP) is 6.20. The molecule has 180 valence electrons. The van der Waals surface area contributed by atoms with E-state index in [9.17, 15) is 0 Å². The molecule has 0 radical (unpaired) electrons. The fourth-order valence-corrected chi connectivity index (χ4v) is 5.57. The van der Waals surface area contributed by atoms with Crippen molar-refractivity contribution in [1.82, 2.24) is 25.1 Å². The number of ether oxygens (including phenoxy) is 1. The second kappa shape index (κ2) is 10.8. The Balaban J connectivity index is 1.71. The van der Waals surface area contributed by atoms with E-state index in [4.69, 9.17) is 27.9 Å². The zero-order chi connectivity index (χ0) is 24.2. The summed E-state index contributed by atoms with van der Waals surface area (Å²) in [7, 11) is 1.63. The smallest absolute Gasteiger partial charge is 0.174 e. The van der Waals surface area contributed by atoms with Crippen molar-refractivity contribution in [3.63, 3.8) is 0 Å². The molecule has 1 atom stereocenters. The largest absolute Gasteiger partial charge is 0.495 e. The number of likely N-dealkylation sites (tertiary alicyclic amines) is 1. The highest BCUT2D eigenvalue weighted by Crippen LogP contribution is 2.42. The van der Waals surface area contributed by atoms with Crippen LogP contribution in [0.1, 0.15) is 53.9 Å². The Hall–Kier alpha value is -2.93. The first kappa shape index (κ1) is 23.8. The Morgan fingerprint density at radius 1 is 0.829 bits per heavy atom. The molecule has 0 spiro atoms. The molecule has 8 heteroatoms. The van der Waals surface area contributed by atoms with E-state index in [0.717, 1.165) is 48.4 Å². The molecule has 6 nitrogen and oxygen atoms in total. The van der Waals surface area contributed by atoms with Crippen molar-refractivity contribution in [2.45, 2.75) is 31.3 Å². The quantitative estimate of drug-likeness (QED) is 0.298. The minimum Gasteiger partial charge on any atom is -0.495 e. The number of hydrogen-bond donors (Lipinski definition) is 0. The van der Waals surface area contributed by atoms with Crippen molar-refractivity contribution in [1.29, 1.82) is 0 Å². The van der Waals surface area contributed by atoms with Crippen LogP contribution in [-0.2, 0) is 0 Å². The molecule has 0 saturated carbocycles. The average molecular weight is 508 g/mol. The summed E-state index contributed by atoms with van der Waals surface area (Å²) in [5.41, 5.74) is 3.06. The highest BCUT2D eigenvalue weighted by atomic mass is 35.5. The number of nitrogens with zero attached hydrogens (tertiary/aromatic N) is 5. The van der Waals surface area contributed by atoms with Crippen LogP contribution in [0.5, 0.6) is 5.75 Å². The zero-order valence-corrected chi connectivity index (χ0v) is 21.0. The van der Waals surface area contributed by atoms with Crippen LogP contribution in [0.4, 0.5) is 0 Å². The first-order chi connectivity index (χ1) is 17.2. The summed E-state index contributed by atoms with van der Waals surface area (Å²) in [6.07, 6.45) is 3.42. The third kappa shape index (κ3) is 4.92. The number of methoxy groups -OCH3 is 1. The van der Waals surface area contributed by atoms with Gasteiger partial charge in [-0.3, -0.25) is 4.90 Å². The van der Waals surface area contributed by atoms with Gasteiger partial charge in [0.15, 0.2) is 5.82 Å². The summed E-state index contributed by atoms with van der Waals surface area (Å²) in [6.45, 7) is 1.85. The lowest BCUT2D eigenvalue weighted by Gasteiger charge is -2.35. The number of tetrazole rings is 1. The van der Waals surface area contributed by atoms with Crippen LogP contribution in [-0.4, -0.2) is 45.3 Å². The van der Waals surface area contributed by atoms with Crippen LogP contribution in [0.2, 0.25) is 10.0 Å². The number of piperidine rings is 1. The van der Waals surface area contributed by atoms with E-state index in [-0.39, 0.29) is 12.1 Å². The van der Waals surface area contributed by atoms with E-state index in [1.165, 1.54) is 6.42 Å². The molecule has 4 aromatic rings. The molecule has 1 saturated heterocycles. The van der Waals surface area contributed by atoms with E-state index < -0.39 is 0 Å². The lowest BCUT2D eigenvalue weighted by molar-refractivity contribution is 0.174. The van der Waals surface area contributed by atoms with Crippen LogP contribution in [0.15, 0.2) is 72.8 Å². The maximum atomic E-state index is 6.59. The van der Waals surface area contributed by atoms with Crippen LogP contribution < -0.4 is 4.74 Å². The van der Waals surface area contributed by atoms with E-state index in [0.29, 0.717) is 15.8 Å². The number of benzene rings is 3.